The van der Waals surface area contributed by atoms with Crippen molar-refractivity contribution in [1.29, 1.82) is 0 Å². The molecule has 0 N–H and O–H groups in total. The van der Waals surface area contributed by atoms with Crippen molar-refractivity contribution in [3.63, 3.8) is 0 Å². The maximum Gasteiger partial charge on any atom is 0.256 e. The molecular weight excluding hydrogens is 230 g/mol. The van der Waals surface area contributed by atoms with Crippen LogP contribution in [0.2, 0.25) is 0 Å². The Labute approximate surface area is 107 Å². The summed E-state index contributed by atoms with van der Waals surface area (Å²) < 4.78 is 10.7. The third-order valence-corrected chi connectivity index (χ3v) is 3.21. The molecule has 4 nitrogen and oxygen atoms in total. The Balaban J connectivity index is 2.15. The van der Waals surface area contributed by atoms with Gasteiger partial charge in [0.2, 0.25) is 0 Å². The first kappa shape index (κ1) is 13.1. The molecule has 1 aromatic carbocycles. The number of amides is 1. The Bertz CT molecular complexity index is 393. The van der Waals surface area contributed by atoms with Crippen molar-refractivity contribution < 1.29 is 14.3 Å². The van der Waals surface area contributed by atoms with Crippen LogP contribution in [0.15, 0.2) is 30.3 Å². The smallest absolute Gasteiger partial charge is 0.256 e. The van der Waals surface area contributed by atoms with Gasteiger partial charge >= 0.3 is 0 Å². The lowest BCUT2D eigenvalue weighted by Crippen LogP contribution is -2.49. The Kier molecular flexibility index (Phi) is 4.33. The normalized spacial score (nSPS) is 21.7. The van der Waals surface area contributed by atoms with Crippen LogP contribution in [0, 0.1) is 0 Å². The summed E-state index contributed by atoms with van der Waals surface area (Å²) in [6, 6.07) is 9.69. The first-order valence-corrected chi connectivity index (χ1v) is 6.20. The third kappa shape index (κ3) is 2.71. The molecule has 4 heteroatoms. The highest BCUT2D eigenvalue weighted by Crippen LogP contribution is 2.21. The van der Waals surface area contributed by atoms with Gasteiger partial charge in [-0.05, 0) is 12.5 Å². The van der Waals surface area contributed by atoms with Crippen molar-refractivity contribution in [2.24, 2.45) is 0 Å². The van der Waals surface area contributed by atoms with E-state index in [0.29, 0.717) is 19.8 Å². The number of rotatable bonds is 3. The third-order valence-electron chi connectivity index (χ3n) is 3.21. The summed E-state index contributed by atoms with van der Waals surface area (Å²) in [5.41, 5.74) is 0.892. The van der Waals surface area contributed by atoms with Crippen LogP contribution in [-0.4, -0.2) is 43.7 Å². The van der Waals surface area contributed by atoms with E-state index in [9.17, 15) is 4.79 Å². The first-order valence-electron chi connectivity index (χ1n) is 6.20. The first-order chi connectivity index (χ1) is 8.74. The molecule has 1 saturated heterocycles. The zero-order valence-corrected chi connectivity index (χ0v) is 10.8. The fourth-order valence-corrected chi connectivity index (χ4v) is 2.21. The standard InChI is InChI=1S/C14H19NO3/c1-11-10-18-9-8-15(11)14(16)13(17-2)12-6-4-3-5-7-12/h3-7,11,13H,8-10H2,1-2H3/t11-,13-/m1/s1. The molecule has 18 heavy (non-hydrogen) atoms. The van der Waals surface area contributed by atoms with Gasteiger partial charge in [0.15, 0.2) is 6.10 Å². The van der Waals surface area contributed by atoms with E-state index in [1.807, 2.05) is 42.2 Å². The van der Waals surface area contributed by atoms with Gasteiger partial charge in [-0.2, -0.15) is 0 Å². The number of nitrogens with zero attached hydrogens (tertiary/aromatic N) is 1. The Morgan fingerprint density at radius 2 is 2.17 bits per heavy atom. The predicted molar refractivity (Wildman–Crippen MR) is 68.2 cm³/mol. The lowest BCUT2D eigenvalue weighted by Gasteiger charge is -2.35. The highest BCUT2D eigenvalue weighted by Gasteiger charge is 2.30. The number of morpholine rings is 1. The van der Waals surface area contributed by atoms with Crippen molar-refractivity contribution >= 4 is 5.91 Å². The number of ether oxygens (including phenoxy) is 2. The molecule has 1 heterocycles. The molecule has 1 fully saturated rings. The predicted octanol–water partition coefficient (Wildman–Crippen LogP) is 1.62. The summed E-state index contributed by atoms with van der Waals surface area (Å²) in [6.45, 7) is 3.82. The highest BCUT2D eigenvalue weighted by molar-refractivity contribution is 5.82. The molecule has 0 aliphatic carbocycles. The zero-order valence-electron chi connectivity index (χ0n) is 10.8. The number of carbonyl (C=O) groups excluding carboxylic acids is 1. The second-order valence-corrected chi connectivity index (χ2v) is 4.48. The van der Waals surface area contributed by atoms with E-state index in [-0.39, 0.29) is 11.9 Å². The molecule has 98 valence electrons. The molecule has 2 atom stereocenters. The average molecular weight is 249 g/mol. The van der Waals surface area contributed by atoms with Gasteiger partial charge < -0.3 is 14.4 Å². The molecule has 2 rings (SSSR count). The summed E-state index contributed by atoms with van der Waals surface area (Å²) in [5.74, 6) is 0.0134. The van der Waals surface area contributed by atoms with Gasteiger partial charge in [-0.15, -0.1) is 0 Å². The van der Waals surface area contributed by atoms with Crippen LogP contribution in [0.5, 0.6) is 0 Å². The molecular formula is C14H19NO3. The van der Waals surface area contributed by atoms with Gasteiger partial charge in [-0.25, -0.2) is 0 Å². The van der Waals surface area contributed by atoms with Crippen LogP contribution in [0.3, 0.4) is 0 Å². The minimum absolute atomic E-state index is 0.0134. The van der Waals surface area contributed by atoms with Gasteiger partial charge in [-0.3, -0.25) is 4.79 Å². The van der Waals surface area contributed by atoms with Crippen LogP contribution < -0.4 is 0 Å². The minimum atomic E-state index is -0.522. The quantitative estimate of drug-likeness (QED) is 0.817. The summed E-state index contributed by atoms with van der Waals surface area (Å²) in [6.07, 6.45) is -0.522. The van der Waals surface area contributed by atoms with Crippen LogP contribution in [0.4, 0.5) is 0 Å². The molecule has 0 saturated carbocycles. The van der Waals surface area contributed by atoms with Crippen molar-refractivity contribution in [2.75, 3.05) is 26.9 Å². The molecule has 0 aromatic heterocycles. The van der Waals surface area contributed by atoms with E-state index >= 15 is 0 Å². The molecule has 1 amide bonds. The number of hydrogen-bond acceptors (Lipinski definition) is 3. The lowest BCUT2D eigenvalue weighted by atomic mass is 10.1. The average Bonchev–Trinajstić information content (AvgIpc) is 2.41. The topological polar surface area (TPSA) is 38.8 Å². The summed E-state index contributed by atoms with van der Waals surface area (Å²) >= 11 is 0. The Morgan fingerprint density at radius 1 is 1.44 bits per heavy atom. The van der Waals surface area contributed by atoms with Crippen molar-refractivity contribution in [2.45, 2.75) is 19.1 Å². The van der Waals surface area contributed by atoms with E-state index in [1.54, 1.807) is 7.11 Å². The maximum atomic E-state index is 12.5. The fraction of sp³-hybridized carbons (Fsp3) is 0.500. The van der Waals surface area contributed by atoms with Crippen molar-refractivity contribution in [3.05, 3.63) is 35.9 Å². The second kappa shape index (κ2) is 5.98. The van der Waals surface area contributed by atoms with Gasteiger partial charge in [0, 0.05) is 13.7 Å². The number of methoxy groups -OCH3 is 1. The maximum absolute atomic E-state index is 12.5. The number of carbonyl (C=O) groups is 1. The molecule has 0 bridgehead atoms. The molecule has 0 unspecified atom stereocenters. The SMILES string of the molecule is CO[C@@H](C(=O)N1CCOC[C@H]1C)c1ccccc1. The summed E-state index contributed by atoms with van der Waals surface area (Å²) in [5, 5.41) is 0. The molecule has 0 radical (unpaired) electrons. The van der Waals surface area contributed by atoms with E-state index in [1.165, 1.54) is 0 Å². The van der Waals surface area contributed by atoms with E-state index in [0.717, 1.165) is 5.56 Å². The lowest BCUT2D eigenvalue weighted by molar-refractivity contribution is -0.150. The second-order valence-electron chi connectivity index (χ2n) is 4.48. The van der Waals surface area contributed by atoms with E-state index in [2.05, 4.69) is 0 Å². The van der Waals surface area contributed by atoms with Gasteiger partial charge in [0.25, 0.3) is 5.91 Å². The van der Waals surface area contributed by atoms with Crippen LogP contribution in [-0.2, 0) is 14.3 Å². The van der Waals surface area contributed by atoms with Crippen molar-refractivity contribution in [1.82, 2.24) is 4.90 Å². The van der Waals surface area contributed by atoms with Gasteiger partial charge in [0.05, 0.1) is 19.3 Å². The van der Waals surface area contributed by atoms with Gasteiger partial charge in [-0.1, -0.05) is 30.3 Å². The Hall–Kier alpha value is -1.39. The molecule has 1 aliphatic rings. The summed E-state index contributed by atoms with van der Waals surface area (Å²) in [7, 11) is 1.57. The molecule has 1 aliphatic heterocycles. The highest BCUT2D eigenvalue weighted by atomic mass is 16.5. The molecule has 1 aromatic rings. The van der Waals surface area contributed by atoms with Crippen LogP contribution >= 0.6 is 0 Å². The number of benzene rings is 1. The van der Waals surface area contributed by atoms with Gasteiger partial charge in [0.1, 0.15) is 0 Å². The molecule has 0 spiro atoms. The fourth-order valence-electron chi connectivity index (χ4n) is 2.21. The van der Waals surface area contributed by atoms with Crippen LogP contribution in [0.1, 0.15) is 18.6 Å². The van der Waals surface area contributed by atoms with Crippen LogP contribution in [0.25, 0.3) is 0 Å². The van der Waals surface area contributed by atoms with E-state index < -0.39 is 6.10 Å². The zero-order chi connectivity index (χ0) is 13.0. The number of hydrogen-bond donors (Lipinski definition) is 0. The largest absolute Gasteiger partial charge is 0.377 e. The van der Waals surface area contributed by atoms with E-state index in [4.69, 9.17) is 9.47 Å². The Morgan fingerprint density at radius 3 is 2.78 bits per heavy atom. The minimum Gasteiger partial charge on any atom is -0.377 e. The monoisotopic (exact) mass is 249 g/mol. The summed E-state index contributed by atoms with van der Waals surface area (Å²) in [4.78, 5) is 14.3. The van der Waals surface area contributed by atoms with Crippen molar-refractivity contribution in [3.8, 4) is 0 Å².